The molecule has 162 valence electrons. The number of benzene rings is 2. The average Bonchev–Trinajstić information content (AvgIpc) is 3.17. The van der Waals surface area contributed by atoms with Crippen molar-refractivity contribution in [3.63, 3.8) is 0 Å². The zero-order chi connectivity index (χ0) is 21.6. The van der Waals surface area contributed by atoms with E-state index in [1.54, 1.807) is 12.1 Å². The van der Waals surface area contributed by atoms with Crippen LogP contribution in [0.4, 0.5) is 10.1 Å². The third-order valence-electron chi connectivity index (χ3n) is 5.85. The third kappa shape index (κ3) is 5.49. The Morgan fingerprint density at radius 1 is 1.10 bits per heavy atom. The number of quaternary nitrogens is 1. The van der Waals surface area contributed by atoms with E-state index in [9.17, 15) is 14.0 Å². The van der Waals surface area contributed by atoms with Crippen molar-refractivity contribution in [2.45, 2.75) is 19.3 Å². The van der Waals surface area contributed by atoms with Gasteiger partial charge >= 0.3 is 0 Å². The van der Waals surface area contributed by atoms with Crippen LogP contribution in [0.5, 0.6) is 0 Å². The van der Waals surface area contributed by atoms with Crippen LogP contribution in [0.3, 0.4) is 0 Å². The molecule has 1 fully saturated rings. The molecule has 2 amide bonds. The first-order chi connectivity index (χ1) is 15.1. The van der Waals surface area contributed by atoms with Gasteiger partial charge < -0.3 is 20.1 Å². The summed E-state index contributed by atoms with van der Waals surface area (Å²) in [5.41, 5.74) is 2.85. The molecule has 2 heterocycles. The normalized spacial score (nSPS) is 14.7. The minimum absolute atomic E-state index is 0.140. The number of hydrogen-bond donors (Lipinski definition) is 3. The van der Waals surface area contributed by atoms with E-state index in [0.29, 0.717) is 31.7 Å². The lowest BCUT2D eigenvalue weighted by molar-refractivity contribution is -0.895. The number of fused-ring (bicyclic) bond motifs is 1. The van der Waals surface area contributed by atoms with Gasteiger partial charge in [-0.15, -0.1) is 0 Å². The van der Waals surface area contributed by atoms with E-state index >= 15 is 0 Å². The summed E-state index contributed by atoms with van der Waals surface area (Å²) in [5, 5.41) is 3.96. The topological polar surface area (TPSA) is 69.6 Å². The van der Waals surface area contributed by atoms with Gasteiger partial charge in [0.25, 0.3) is 5.91 Å². The fourth-order valence-corrected chi connectivity index (χ4v) is 4.17. The SMILES string of the molecule is O=C(C[NH+]1CCN(C(=O)CCCc2c[nH]c3ccccc23)CC1)Nc1cccc(F)c1. The van der Waals surface area contributed by atoms with E-state index in [4.69, 9.17) is 0 Å². The van der Waals surface area contributed by atoms with Crippen LogP contribution in [0.1, 0.15) is 18.4 Å². The number of nitrogens with one attached hydrogen (secondary N) is 3. The first-order valence-electron chi connectivity index (χ1n) is 10.8. The molecule has 3 N–H and O–H groups in total. The fourth-order valence-electron chi connectivity index (χ4n) is 4.17. The van der Waals surface area contributed by atoms with Crippen LogP contribution >= 0.6 is 0 Å². The van der Waals surface area contributed by atoms with Gasteiger partial charge in [0, 0.05) is 29.2 Å². The van der Waals surface area contributed by atoms with Gasteiger partial charge in [0.1, 0.15) is 5.82 Å². The minimum atomic E-state index is -0.373. The van der Waals surface area contributed by atoms with E-state index in [1.165, 1.54) is 23.1 Å². The molecule has 1 saturated heterocycles. The average molecular weight is 424 g/mol. The number of H-pyrrole nitrogens is 1. The molecule has 0 unspecified atom stereocenters. The lowest BCUT2D eigenvalue weighted by Crippen LogP contribution is -3.15. The van der Waals surface area contributed by atoms with Crippen molar-refractivity contribution in [1.29, 1.82) is 0 Å². The lowest BCUT2D eigenvalue weighted by Gasteiger charge is -2.32. The monoisotopic (exact) mass is 423 g/mol. The molecule has 4 rings (SSSR count). The number of carbonyl (C=O) groups is 2. The van der Waals surface area contributed by atoms with Crippen LogP contribution in [0.2, 0.25) is 0 Å². The molecule has 1 aliphatic rings. The van der Waals surface area contributed by atoms with Crippen molar-refractivity contribution >= 4 is 28.4 Å². The van der Waals surface area contributed by atoms with Gasteiger partial charge in [-0.2, -0.15) is 0 Å². The molecule has 1 aromatic heterocycles. The summed E-state index contributed by atoms with van der Waals surface area (Å²) in [6.07, 6.45) is 4.27. The van der Waals surface area contributed by atoms with Crippen molar-refractivity contribution < 1.29 is 18.9 Å². The Morgan fingerprint density at radius 2 is 1.90 bits per heavy atom. The highest BCUT2D eigenvalue weighted by molar-refractivity contribution is 5.91. The highest BCUT2D eigenvalue weighted by Crippen LogP contribution is 2.19. The number of amides is 2. The maximum absolute atomic E-state index is 13.2. The van der Waals surface area contributed by atoms with Crippen molar-refractivity contribution in [1.82, 2.24) is 9.88 Å². The van der Waals surface area contributed by atoms with Gasteiger partial charge in [0.05, 0.1) is 26.2 Å². The number of para-hydroxylation sites is 1. The smallest absolute Gasteiger partial charge is 0.279 e. The Kier molecular flexibility index (Phi) is 6.62. The van der Waals surface area contributed by atoms with Crippen LogP contribution in [-0.4, -0.2) is 54.4 Å². The van der Waals surface area contributed by atoms with Crippen molar-refractivity contribution in [3.8, 4) is 0 Å². The zero-order valence-corrected chi connectivity index (χ0v) is 17.5. The number of halogens is 1. The van der Waals surface area contributed by atoms with Gasteiger partial charge in [-0.1, -0.05) is 24.3 Å². The largest absolute Gasteiger partial charge is 0.361 e. The molecule has 31 heavy (non-hydrogen) atoms. The molecule has 0 saturated carbocycles. The second-order valence-corrected chi connectivity index (χ2v) is 8.08. The first-order valence-corrected chi connectivity index (χ1v) is 10.8. The molecule has 3 aromatic rings. The maximum Gasteiger partial charge on any atom is 0.279 e. The summed E-state index contributed by atoms with van der Waals surface area (Å²) < 4.78 is 13.2. The molecule has 0 bridgehead atoms. The minimum Gasteiger partial charge on any atom is -0.361 e. The van der Waals surface area contributed by atoms with Crippen LogP contribution in [-0.2, 0) is 16.0 Å². The van der Waals surface area contributed by atoms with E-state index in [1.807, 2.05) is 23.2 Å². The summed E-state index contributed by atoms with van der Waals surface area (Å²) in [5.74, 6) is -0.329. The molecular weight excluding hydrogens is 395 g/mol. The highest BCUT2D eigenvalue weighted by Gasteiger charge is 2.25. The van der Waals surface area contributed by atoms with Crippen molar-refractivity contribution in [3.05, 3.63) is 66.1 Å². The summed E-state index contributed by atoms with van der Waals surface area (Å²) in [7, 11) is 0. The summed E-state index contributed by atoms with van der Waals surface area (Å²) in [6.45, 7) is 3.12. The number of nitrogens with zero attached hydrogens (tertiary/aromatic N) is 1. The Hall–Kier alpha value is -3.19. The summed E-state index contributed by atoms with van der Waals surface area (Å²) >= 11 is 0. The van der Waals surface area contributed by atoms with Crippen LogP contribution in [0, 0.1) is 5.82 Å². The molecule has 0 aliphatic carbocycles. The number of aromatic amines is 1. The first kappa shape index (κ1) is 21.1. The van der Waals surface area contributed by atoms with E-state index in [-0.39, 0.29) is 17.6 Å². The predicted octanol–water partition coefficient (Wildman–Crippen LogP) is 2.00. The number of carbonyl (C=O) groups excluding carboxylic acids is 2. The number of piperazine rings is 1. The standard InChI is InChI=1S/C24H27FN4O2/c25-19-6-4-7-20(15-19)27-23(30)17-28-11-13-29(14-12-28)24(31)10-3-5-18-16-26-22-9-2-1-8-21(18)22/h1-2,4,6-9,15-16,26H,3,5,10-14,17H2,(H,27,30)/p+1. The van der Waals surface area contributed by atoms with Gasteiger partial charge in [-0.3, -0.25) is 9.59 Å². The highest BCUT2D eigenvalue weighted by atomic mass is 19.1. The van der Waals surface area contributed by atoms with Crippen LogP contribution in [0.15, 0.2) is 54.7 Å². The number of rotatable bonds is 7. The molecular formula is C24H28FN4O2+. The summed E-state index contributed by atoms with van der Waals surface area (Å²) in [4.78, 5) is 31.1. The number of aromatic nitrogens is 1. The fraction of sp³-hybridized carbons (Fsp3) is 0.333. The van der Waals surface area contributed by atoms with E-state index < -0.39 is 0 Å². The molecule has 0 radical (unpaired) electrons. The predicted molar refractivity (Wildman–Crippen MR) is 118 cm³/mol. The molecule has 7 heteroatoms. The Morgan fingerprint density at radius 3 is 2.71 bits per heavy atom. The maximum atomic E-state index is 13.2. The molecule has 1 aliphatic heterocycles. The number of aryl methyl sites for hydroxylation is 1. The van der Waals surface area contributed by atoms with Crippen molar-refractivity contribution in [2.24, 2.45) is 0 Å². The van der Waals surface area contributed by atoms with Gasteiger partial charge in [0.15, 0.2) is 6.54 Å². The summed E-state index contributed by atoms with van der Waals surface area (Å²) in [6, 6.07) is 14.1. The van der Waals surface area contributed by atoms with E-state index in [2.05, 4.69) is 22.4 Å². The third-order valence-corrected chi connectivity index (χ3v) is 5.85. The lowest BCUT2D eigenvalue weighted by atomic mass is 10.1. The van der Waals surface area contributed by atoms with Crippen molar-refractivity contribution in [2.75, 3.05) is 38.0 Å². The van der Waals surface area contributed by atoms with E-state index in [0.717, 1.165) is 36.3 Å². The second kappa shape index (κ2) is 9.75. The number of hydrogen-bond acceptors (Lipinski definition) is 2. The van der Waals surface area contributed by atoms with Crippen LogP contribution < -0.4 is 10.2 Å². The van der Waals surface area contributed by atoms with Gasteiger partial charge in [0.2, 0.25) is 5.91 Å². The Balaban J connectivity index is 1.18. The molecule has 0 spiro atoms. The second-order valence-electron chi connectivity index (χ2n) is 8.08. The molecule has 2 aromatic carbocycles. The Bertz CT molecular complexity index is 1060. The van der Waals surface area contributed by atoms with Gasteiger partial charge in [-0.25, -0.2) is 4.39 Å². The Labute approximate surface area is 181 Å². The number of anilines is 1. The zero-order valence-electron chi connectivity index (χ0n) is 17.5. The molecule has 0 atom stereocenters. The quantitative estimate of drug-likeness (QED) is 0.544. The molecule has 6 nitrogen and oxygen atoms in total. The van der Waals surface area contributed by atoms with Gasteiger partial charge in [-0.05, 0) is 42.7 Å². The van der Waals surface area contributed by atoms with Crippen LogP contribution in [0.25, 0.3) is 10.9 Å².